The number of allylic oxidation sites excluding steroid dienone is 2. The van der Waals surface area contributed by atoms with Gasteiger partial charge in [0.1, 0.15) is 0 Å². The van der Waals surface area contributed by atoms with Gasteiger partial charge in [0.2, 0.25) is 0 Å². The van der Waals surface area contributed by atoms with Gasteiger partial charge in [-0.2, -0.15) is 0 Å². The molecule has 68 heavy (non-hydrogen) atoms. The highest BCUT2D eigenvalue weighted by Crippen LogP contribution is 2.44. The molecular weight excluding hydrogens is 821 g/mol. The fraction of sp³-hybridized carbons (Fsp3) is 0.0606. The predicted molar refractivity (Wildman–Crippen MR) is 291 cm³/mol. The highest BCUT2D eigenvalue weighted by atomic mass is 15.1. The van der Waals surface area contributed by atoms with Gasteiger partial charge < -0.3 is 9.80 Å². The molecule has 13 rings (SSSR count). The van der Waals surface area contributed by atoms with Gasteiger partial charge in [0, 0.05) is 34.1 Å². The van der Waals surface area contributed by atoms with Crippen LogP contribution in [0, 0.1) is 0 Å². The molecule has 2 aliphatic carbocycles. The van der Waals surface area contributed by atoms with Crippen molar-refractivity contribution in [3.8, 4) is 22.3 Å². The summed E-state index contributed by atoms with van der Waals surface area (Å²) in [5.74, 6) is 0. The molecule has 0 aromatic heterocycles. The van der Waals surface area contributed by atoms with Crippen LogP contribution < -0.4 is 9.80 Å². The first-order valence-corrected chi connectivity index (χ1v) is 24.0. The van der Waals surface area contributed by atoms with E-state index in [0.717, 1.165) is 59.8 Å². The predicted octanol–water partition coefficient (Wildman–Crippen LogP) is 18.5. The summed E-state index contributed by atoms with van der Waals surface area (Å²) >= 11 is 0. The molecule has 0 N–H and O–H groups in total. The van der Waals surface area contributed by atoms with E-state index in [-0.39, 0.29) is 0 Å². The van der Waals surface area contributed by atoms with Crippen molar-refractivity contribution in [3.05, 3.63) is 253 Å². The minimum atomic E-state index is 1.11. The van der Waals surface area contributed by atoms with Crippen LogP contribution in [-0.4, -0.2) is 0 Å². The number of fused-ring (bicyclic) bond motifs is 12. The molecule has 0 aliphatic heterocycles. The van der Waals surface area contributed by atoms with Crippen LogP contribution in [0.4, 0.5) is 34.1 Å². The summed E-state index contributed by atoms with van der Waals surface area (Å²) in [4.78, 5) is 4.77. The Bertz CT molecular complexity index is 3740. The maximum atomic E-state index is 2.42. The third-order valence-electron chi connectivity index (χ3n) is 14.3. The number of anilines is 6. The Kier molecular flexibility index (Phi) is 9.83. The maximum absolute atomic E-state index is 2.42. The number of benzene rings is 11. The van der Waals surface area contributed by atoms with Crippen LogP contribution in [0.5, 0.6) is 0 Å². The summed E-state index contributed by atoms with van der Waals surface area (Å²) in [6.07, 6.45) is 13.9. The first-order chi connectivity index (χ1) is 33.7. The van der Waals surface area contributed by atoms with Crippen molar-refractivity contribution in [2.45, 2.75) is 25.7 Å². The summed E-state index contributed by atoms with van der Waals surface area (Å²) < 4.78 is 0. The van der Waals surface area contributed by atoms with Crippen LogP contribution in [0.3, 0.4) is 0 Å². The molecule has 11 aromatic rings. The normalized spacial score (nSPS) is 12.9. The second-order valence-corrected chi connectivity index (χ2v) is 18.2. The Morgan fingerprint density at radius 2 is 0.632 bits per heavy atom. The minimum Gasteiger partial charge on any atom is -0.310 e. The van der Waals surface area contributed by atoms with Gasteiger partial charge in [-0.3, -0.25) is 0 Å². The SMILES string of the molecule is C1=Cc2c(c3c(c4cc(N(c5ccccc5)c5ccc(-c6cccc(-c7ccc(N(c8ccccc8)c8ccc9c%10ccccc%10c%10ccccc%10c9c8)cc7)c6)cc5)ccc24)C=CCC3)CC1. The van der Waals surface area contributed by atoms with Gasteiger partial charge in [0.15, 0.2) is 0 Å². The summed E-state index contributed by atoms with van der Waals surface area (Å²) in [5, 5.41) is 10.3. The fourth-order valence-corrected chi connectivity index (χ4v) is 11.2. The minimum absolute atomic E-state index is 1.11. The van der Waals surface area contributed by atoms with Crippen molar-refractivity contribution in [2.75, 3.05) is 9.80 Å². The second kappa shape index (κ2) is 16.8. The molecule has 0 bridgehead atoms. The molecule has 0 spiro atoms. The second-order valence-electron chi connectivity index (χ2n) is 18.2. The van der Waals surface area contributed by atoms with Crippen LogP contribution in [0.1, 0.15) is 35.1 Å². The third kappa shape index (κ3) is 6.88. The lowest BCUT2D eigenvalue weighted by Gasteiger charge is -2.28. The van der Waals surface area contributed by atoms with Crippen LogP contribution in [0.25, 0.3) is 77.5 Å². The molecule has 2 nitrogen and oxygen atoms in total. The summed E-state index contributed by atoms with van der Waals surface area (Å²) in [6.45, 7) is 0. The molecule has 0 saturated heterocycles. The van der Waals surface area contributed by atoms with Crippen LogP contribution in [0.2, 0.25) is 0 Å². The van der Waals surface area contributed by atoms with Crippen molar-refractivity contribution in [3.63, 3.8) is 0 Å². The van der Waals surface area contributed by atoms with E-state index in [1.165, 1.54) is 76.5 Å². The number of hydrogen-bond acceptors (Lipinski definition) is 2. The van der Waals surface area contributed by atoms with E-state index in [1.807, 2.05) is 0 Å². The Balaban J connectivity index is 0.832. The fourth-order valence-electron chi connectivity index (χ4n) is 11.2. The van der Waals surface area contributed by atoms with Crippen LogP contribution in [-0.2, 0) is 12.8 Å². The zero-order valence-corrected chi connectivity index (χ0v) is 37.8. The lowest BCUT2D eigenvalue weighted by atomic mass is 9.81. The van der Waals surface area contributed by atoms with Crippen molar-refractivity contribution in [2.24, 2.45) is 0 Å². The molecule has 2 heteroatoms. The van der Waals surface area contributed by atoms with Crippen LogP contribution in [0.15, 0.2) is 231 Å². The molecule has 0 unspecified atom stereocenters. The summed E-state index contributed by atoms with van der Waals surface area (Å²) in [5.41, 5.74) is 17.4. The highest BCUT2D eigenvalue weighted by molar-refractivity contribution is 6.25. The zero-order chi connectivity index (χ0) is 45.0. The van der Waals surface area contributed by atoms with Gasteiger partial charge in [-0.05, 0) is 192 Å². The molecule has 0 amide bonds. The van der Waals surface area contributed by atoms with Crippen LogP contribution >= 0.6 is 0 Å². The lowest BCUT2D eigenvalue weighted by Crippen LogP contribution is -2.11. The lowest BCUT2D eigenvalue weighted by molar-refractivity contribution is 0.911. The molecule has 0 saturated carbocycles. The molecular formula is C66H48N2. The quantitative estimate of drug-likeness (QED) is 0.140. The van der Waals surface area contributed by atoms with E-state index in [1.54, 1.807) is 11.1 Å². The van der Waals surface area contributed by atoms with Gasteiger partial charge >= 0.3 is 0 Å². The summed E-state index contributed by atoms with van der Waals surface area (Å²) in [6, 6.07) is 80.2. The Morgan fingerprint density at radius 1 is 0.250 bits per heavy atom. The standard InChI is InChI=1S/C66H48N2/c1-3-18-49(19-4-1)67(53-38-40-63-59-26-9-7-22-55(59)57-24-11-13-28-61(57)65(63)43-53)51-34-30-45(31-35-51)47-16-15-17-48(42-47)46-32-36-52(37-33-46)68(50-20-5-2-6-21-50)54-39-41-64-60-27-10-8-23-56(60)58-25-12-14-29-62(58)66(64)44-54/h1-7,9-11,13-22,24,26-44H,8,12,23,25H2. The van der Waals surface area contributed by atoms with Gasteiger partial charge in [0.05, 0.1) is 0 Å². The van der Waals surface area contributed by atoms with E-state index < -0.39 is 0 Å². The zero-order valence-electron chi connectivity index (χ0n) is 37.8. The van der Waals surface area contributed by atoms with E-state index >= 15 is 0 Å². The first kappa shape index (κ1) is 39.9. The average Bonchev–Trinajstić information content (AvgIpc) is 3.42. The smallest absolute Gasteiger partial charge is 0.0468 e. The average molecular weight is 869 g/mol. The number of nitrogens with zero attached hydrogens (tertiary/aromatic N) is 2. The van der Waals surface area contributed by atoms with Gasteiger partial charge in [-0.25, -0.2) is 0 Å². The molecule has 322 valence electrons. The maximum Gasteiger partial charge on any atom is 0.0468 e. The van der Waals surface area contributed by atoms with Crippen molar-refractivity contribution < 1.29 is 0 Å². The molecule has 0 atom stereocenters. The van der Waals surface area contributed by atoms with Crippen molar-refractivity contribution in [1.29, 1.82) is 0 Å². The molecule has 0 heterocycles. The first-order valence-electron chi connectivity index (χ1n) is 24.0. The van der Waals surface area contributed by atoms with Gasteiger partial charge in [0.25, 0.3) is 0 Å². The van der Waals surface area contributed by atoms with E-state index in [0.29, 0.717) is 0 Å². The monoisotopic (exact) mass is 868 g/mol. The van der Waals surface area contributed by atoms with E-state index in [2.05, 4.69) is 252 Å². The van der Waals surface area contributed by atoms with Crippen molar-refractivity contribution >= 4 is 89.4 Å². The largest absolute Gasteiger partial charge is 0.310 e. The number of para-hydroxylation sites is 2. The third-order valence-corrected chi connectivity index (χ3v) is 14.3. The molecule has 0 fully saturated rings. The number of hydrogen-bond donors (Lipinski definition) is 0. The highest BCUT2D eigenvalue weighted by Gasteiger charge is 2.22. The van der Waals surface area contributed by atoms with E-state index in [4.69, 9.17) is 0 Å². The topological polar surface area (TPSA) is 6.48 Å². The van der Waals surface area contributed by atoms with Crippen molar-refractivity contribution in [1.82, 2.24) is 0 Å². The molecule has 0 radical (unpaired) electrons. The summed E-state index contributed by atoms with van der Waals surface area (Å²) in [7, 11) is 0. The van der Waals surface area contributed by atoms with E-state index in [9.17, 15) is 0 Å². The Morgan fingerprint density at radius 3 is 1.13 bits per heavy atom. The van der Waals surface area contributed by atoms with Gasteiger partial charge in [-0.15, -0.1) is 0 Å². The number of rotatable bonds is 8. The molecule has 2 aliphatic rings. The van der Waals surface area contributed by atoms with Gasteiger partial charge in [-0.1, -0.05) is 164 Å². The Labute approximate surface area is 398 Å². The molecule has 11 aromatic carbocycles. The Hall–Kier alpha value is -8.46.